The van der Waals surface area contributed by atoms with Crippen LogP contribution >= 0.6 is 0 Å². The first-order valence-corrected chi connectivity index (χ1v) is 12.6. The highest BCUT2D eigenvalue weighted by Crippen LogP contribution is 2.40. The molecule has 0 aliphatic carbocycles. The molecule has 192 valence electrons. The maximum absolute atomic E-state index is 13.3. The summed E-state index contributed by atoms with van der Waals surface area (Å²) < 4.78 is 16.7. The minimum atomic E-state index is -0.720. The van der Waals surface area contributed by atoms with Crippen molar-refractivity contribution in [2.75, 3.05) is 52.6 Å². The third-order valence-electron chi connectivity index (χ3n) is 6.39. The highest BCUT2D eigenvalue weighted by molar-refractivity contribution is 6.46. The zero-order valence-electron chi connectivity index (χ0n) is 20.9. The smallest absolute Gasteiger partial charge is 0.295 e. The van der Waals surface area contributed by atoms with Crippen molar-refractivity contribution in [2.24, 2.45) is 0 Å². The molecule has 8 nitrogen and oxygen atoms in total. The predicted molar refractivity (Wildman–Crippen MR) is 136 cm³/mol. The Labute approximate surface area is 212 Å². The SMILES string of the molecule is CCCOc1cccc(C2/C(=C(/O)c3ccc(OCC)cc3)C(=O)C(=O)N2CCN2CCOCC2)c1. The minimum absolute atomic E-state index is 0.0822. The maximum Gasteiger partial charge on any atom is 0.295 e. The van der Waals surface area contributed by atoms with Crippen molar-refractivity contribution < 1.29 is 28.9 Å². The Morgan fingerprint density at radius 2 is 1.75 bits per heavy atom. The number of aliphatic hydroxyl groups is 1. The van der Waals surface area contributed by atoms with Crippen LogP contribution in [0.1, 0.15) is 37.4 Å². The van der Waals surface area contributed by atoms with Crippen molar-refractivity contribution in [3.8, 4) is 11.5 Å². The molecular weight excluding hydrogens is 460 g/mol. The third kappa shape index (κ3) is 5.71. The topological polar surface area (TPSA) is 88.5 Å². The highest BCUT2D eigenvalue weighted by Gasteiger charge is 2.46. The quantitative estimate of drug-likeness (QED) is 0.307. The summed E-state index contributed by atoms with van der Waals surface area (Å²) in [5.41, 5.74) is 1.25. The summed E-state index contributed by atoms with van der Waals surface area (Å²) in [4.78, 5) is 30.3. The van der Waals surface area contributed by atoms with E-state index in [1.165, 1.54) is 0 Å². The van der Waals surface area contributed by atoms with Gasteiger partial charge in [-0.1, -0.05) is 19.1 Å². The molecule has 1 atom stereocenters. The van der Waals surface area contributed by atoms with Crippen molar-refractivity contribution in [1.82, 2.24) is 9.80 Å². The lowest BCUT2D eigenvalue weighted by Crippen LogP contribution is -2.42. The number of ketones is 1. The number of amides is 1. The largest absolute Gasteiger partial charge is 0.507 e. The van der Waals surface area contributed by atoms with Gasteiger partial charge in [-0.3, -0.25) is 14.5 Å². The van der Waals surface area contributed by atoms with E-state index in [-0.39, 0.29) is 11.3 Å². The number of carbonyl (C=O) groups excluding carboxylic acids is 2. The number of hydrogen-bond donors (Lipinski definition) is 1. The van der Waals surface area contributed by atoms with Gasteiger partial charge in [0, 0.05) is 31.7 Å². The molecule has 36 heavy (non-hydrogen) atoms. The summed E-state index contributed by atoms with van der Waals surface area (Å²) in [6, 6.07) is 13.6. The van der Waals surface area contributed by atoms with Crippen molar-refractivity contribution in [2.45, 2.75) is 26.3 Å². The van der Waals surface area contributed by atoms with E-state index in [2.05, 4.69) is 4.90 Å². The van der Waals surface area contributed by atoms with Crippen LogP contribution in [-0.4, -0.2) is 79.2 Å². The summed E-state index contributed by atoms with van der Waals surface area (Å²) in [6.07, 6.45) is 0.861. The Bertz CT molecular complexity index is 1090. The second-order valence-electron chi connectivity index (χ2n) is 8.82. The van der Waals surface area contributed by atoms with Crippen LogP contribution < -0.4 is 9.47 Å². The Morgan fingerprint density at radius 3 is 2.44 bits per heavy atom. The molecule has 0 bridgehead atoms. The van der Waals surface area contributed by atoms with Crippen molar-refractivity contribution >= 4 is 17.4 Å². The number of aliphatic hydroxyl groups excluding tert-OH is 1. The Hall–Kier alpha value is -3.36. The number of rotatable bonds is 10. The molecular formula is C28H34N2O6. The monoisotopic (exact) mass is 494 g/mol. The molecule has 2 aromatic rings. The number of benzene rings is 2. The fraction of sp³-hybridized carbons (Fsp3) is 0.429. The average molecular weight is 495 g/mol. The average Bonchev–Trinajstić information content (AvgIpc) is 3.16. The normalized spacial score (nSPS) is 20.1. The Kier molecular flexibility index (Phi) is 8.61. The van der Waals surface area contributed by atoms with Gasteiger partial charge in [0.1, 0.15) is 17.3 Å². The van der Waals surface area contributed by atoms with Crippen molar-refractivity contribution in [3.63, 3.8) is 0 Å². The maximum atomic E-state index is 13.3. The molecule has 2 aliphatic heterocycles. The van der Waals surface area contributed by atoms with Gasteiger partial charge in [0.15, 0.2) is 0 Å². The summed E-state index contributed by atoms with van der Waals surface area (Å²) in [7, 11) is 0. The molecule has 0 radical (unpaired) electrons. The van der Waals surface area contributed by atoms with Crippen LogP contribution in [0.15, 0.2) is 54.1 Å². The molecule has 0 saturated carbocycles. The first kappa shape index (κ1) is 25.7. The van der Waals surface area contributed by atoms with Crippen LogP contribution in [-0.2, 0) is 14.3 Å². The standard InChI is InChI=1S/C28H34N2O6/c1-3-16-36-23-7-5-6-21(19-23)25-24(26(31)20-8-10-22(11-9-20)35-4-2)27(32)28(33)30(25)13-12-29-14-17-34-18-15-29/h5-11,19,25,31H,3-4,12-18H2,1-2H3/b26-24-. The van der Waals surface area contributed by atoms with Gasteiger partial charge >= 0.3 is 0 Å². The zero-order valence-corrected chi connectivity index (χ0v) is 20.9. The molecule has 1 amide bonds. The molecule has 2 saturated heterocycles. The molecule has 8 heteroatoms. The summed E-state index contributed by atoms with van der Waals surface area (Å²) in [6.45, 7) is 8.84. The Morgan fingerprint density at radius 1 is 1.00 bits per heavy atom. The molecule has 4 rings (SSSR count). The van der Waals surface area contributed by atoms with Gasteiger partial charge in [-0.05, 0) is 55.3 Å². The van der Waals surface area contributed by atoms with Crippen LogP contribution in [0.5, 0.6) is 11.5 Å². The molecule has 2 fully saturated rings. The van der Waals surface area contributed by atoms with Gasteiger partial charge in [0.05, 0.1) is 38.0 Å². The van der Waals surface area contributed by atoms with Crippen LogP contribution in [0.25, 0.3) is 5.76 Å². The zero-order chi connectivity index (χ0) is 25.5. The van der Waals surface area contributed by atoms with Gasteiger partial charge < -0.3 is 24.2 Å². The lowest BCUT2D eigenvalue weighted by Gasteiger charge is -2.31. The predicted octanol–water partition coefficient (Wildman–Crippen LogP) is 3.63. The van der Waals surface area contributed by atoms with Gasteiger partial charge in [-0.25, -0.2) is 0 Å². The lowest BCUT2D eigenvalue weighted by atomic mass is 9.95. The van der Waals surface area contributed by atoms with Crippen molar-refractivity contribution in [1.29, 1.82) is 0 Å². The Balaban J connectivity index is 1.71. The first-order valence-electron chi connectivity index (χ1n) is 12.6. The fourth-order valence-corrected chi connectivity index (χ4v) is 4.56. The lowest BCUT2D eigenvalue weighted by molar-refractivity contribution is -0.140. The number of nitrogens with zero attached hydrogens (tertiary/aromatic N) is 2. The number of ether oxygens (including phenoxy) is 3. The highest BCUT2D eigenvalue weighted by atomic mass is 16.5. The first-order chi connectivity index (χ1) is 17.5. The van der Waals surface area contributed by atoms with Gasteiger partial charge in [-0.15, -0.1) is 0 Å². The molecule has 2 aliphatic rings. The third-order valence-corrected chi connectivity index (χ3v) is 6.39. The molecule has 2 aromatic carbocycles. The van der Waals surface area contributed by atoms with E-state index >= 15 is 0 Å². The second-order valence-corrected chi connectivity index (χ2v) is 8.82. The van der Waals surface area contributed by atoms with Crippen LogP contribution in [0.2, 0.25) is 0 Å². The second kappa shape index (κ2) is 12.1. The molecule has 1 N–H and O–H groups in total. The minimum Gasteiger partial charge on any atom is -0.507 e. The van der Waals surface area contributed by atoms with Crippen molar-refractivity contribution in [3.05, 3.63) is 65.2 Å². The summed E-state index contributed by atoms with van der Waals surface area (Å²) in [5, 5.41) is 11.3. The number of carbonyl (C=O) groups is 2. The van der Waals surface area contributed by atoms with Gasteiger partial charge in [0.25, 0.3) is 11.7 Å². The van der Waals surface area contributed by atoms with E-state index in [1.54, 1.807) is 29.2 Å². The molecule has 2 heterocycles. The number of morpholine rings is 1. The molecule has 0 aromatic heterocycles. The van der Waals surface area contributed by atoms with E-state index < -0.39 is 17.7 Å². The van der Waals surface area contributed by atoms with Crippen LogP contribution in [0, 0.1) is 0 Å². The molecule has 0 spiro atoms. The van der Waals surface area contributed by atoms with Gasteiger partial charge in [0.2, 0.25) is 0 Å². The number of Topliss-reactive ketones (excluding diaryl/α,β-unsaturated/α-hetero) is 1. The summed E-state index contributed by atoms with van der Waals surface area (Å²) in [5.74, 6) is -0.171. The van der Waals surface area contributed by atoms with Gasteiger partial charge in [-0.2, -0.15) is 0 Å². The van der Waals surface area contributed by atoms with E-state index in [9.17, 15) is 14.7 Å². The fourth-order valence-electron chi connectivity index (χ4n) is 4.56. The van der Waals surface area contributed by atoms with E-state index in [4.69, 9.17) is 14.2 Å². The van der Waals surface area contributed by atoms with Crippen LogP contribution in [0.4, 0.5) is 0 Å². The van der Waals surface area contributed by atoms with Crippen LogP contribution in [0.3, 0.4) is 0 Å². The number of hydrogen-bond acceptors (Lipinski definition) is 7. The van der Waals surface area contributed by atoms with E-state index in [1.807, 2.05) is 38.1 Å². The summed E-state index contributed by atoms with van der Waals surface area (Å²) >= 11 is 0. The molecule has 1 unspecified atom stereocenters. The number of likely N-dealkylation sites (tertiary alicyclic amines) is 1. The van der Waals surface area contributed by atoms with E-state index in [0.29, 0.717) is 56.6 Å². The van der Waals surface area contributed by atoms with E-state index in [0.717, 1.165) is 25.1 Å².